The molecule has 5 heterocycles. The Morgan fingerprint density at radius 3 is 1.56 bits per heavy atom. The molecule has 2 unspecified atom stereocenters. The fourth-order valence-corrected chi connectivity index (χ4v) is 10.1. The van der Waals surface area contributed by atoms with Crippen molar-refractivity contribution >= 4 is 0 Å². The molecule has 6 nitrogen and oxygen atoms in total. The first-order valence-corrected chi connectivity index (χ1v) is 19.2. The van der Waals surface area contributed by atoms with Crippen LogP contribution in [-0.2, 0) is 0 Å². The van der Waals surface area contributed by atoms with E-state index in [4.69, 9.17) is 0 Å². The predicted octanol–water partition coefficient (Wildman–Crippen LogP) is 6.07. The number of likely N-dealkylation sites (tertiary alicyclic amines) is 4. The van der Waals surface area contributed by atoms with Gasteiger partial charge in [0, 0.05) is 107 Å². The Labute approximate surface area is 280 Å². The third-order valence-electron chi connectivity index (χ3n) is 12.8. The zero-order valence-electron chi connectivity index (χ0n) is 32.2. The lowest BCUT2D eigenvalue weighted by Gasteiger charge is -2.66. The Morgan fingerprint density at radius 2 is 1.07 bits per heavy atom. The van der Waals surface area contributed by atoms with Gasteiger partial charge in [-0.3, -0.25) is 19.6 Å². The summed E-state index contributed by atoms with van der Waals surface area (Å²) in [5.41, 5.74) is 1.98. The molecular formula is C39H76N6. The zero-order chi connectivity index (χ0) is 33.0. The minimum atomic E-state index is 0.305. The van der Waals surface area contributed by atoms with Gasteiger partial charge in [0.2, 0.25) is 0 Å². The van der Waals surface area contributed by atoms with Gasteiger partial charge in [-0.2, -0.15) is 0 Å². The van der Waals surface area contributed by atoms with Crippen LogP contribution in [0.1, 0.15) is 109 Å². The van der Waals surface area contributed by atoms with E-state index in [-0.39, 0.29) is 0 Å². The van der Waals surface area contributed by atoms with Gasteiger partial charge < -0.3 is 9.80 Å². The summed E-state index contributed by atoms with van der Waals surface area (Å²) < 4.78 is 0. The average molecular weight is 629 g/mol. The van der Waals surface area contributed by atoms with E-state index < -0.39 is 0 Å². The molecule has 0 radical (unpaired) electrons. The van der Waals surface area contributed by atoms with E-state index in [0.29, 0.717) is 27.3 Å². The van der Waals surface area contributed by atoms with Crippen LogP contribution in [0.5, 0.6) is 0 Å². The van der Waals surface area contributed by atoms with Crippen molar-refractivity contribution in [3.8, 4) is 0 Å². The van der Waals surface area contributed by atoms with Gasteiger partial charge in [-0.15, -0.1) is 0 Å². The molecule has 5 aliphatic heterocycles. The molecule has 5 fully saturated rings. The summed E-state index contributed by atoms with van der Waals surface area (Å²) >= 11 is 0. The first-order valence-electron chi connectivity index (χ1n) is 19.2. The summed E-state index contributed by atoms with van der Waals surface area (Å²) in [7, 11) is 0. The summed E-state index contributed by atoms with van der Waals surface area (Å²) in [6.07, 6.45) is 5.35. The van der Waals surface area contributed by atoms with Crippen LogP contribution in [0.3, 0.4) is 0 Å². The molecule has 0 bridgehead atoms. The largest absolute Gasteiger partial charge is 0.302 e. The molecule has 0 aromatic carbocycles. The Bertz CT molecular complexity index is 955. The Hall–Kier alpha value is -0.240. The molecule has 0 saturated carbocycles. The van der Waals surface area contributed by atoms with Crippen molar-refractivity contribution in [2.24, 2.45) is 28.1 Å². The highest BCUT2D eigenvalue weighted by Crippen LogP contribution is 2.46. The highest BCUT2D eigenvalue weighted by molar-refractivity contribution is 5.11. The van der Waals surface area contributed by atoms with Crippen LogP contribution < -0.4 is 0 Å². The Balaban J connectivity index is 1.00. The third kappa shape index (κ3) is 8.87. The summed E-state index contributed by atoms with van der Waals surface area (Å²) in [4.78, 5) is 16.7. The topological polar surface area (TPSA) is 19.4 Å². The Morgan fingerprint density at radius 1 is 0.556 bits per heavy atom. The number of hydrogen-bond donors (Lipinski definition) is 0. The molecular weight excluding hydrogens is 552 g/mol. The van der Waals surface area contributed by atoms with E-state index in [1.54, 1.807) is 0 Å². The molecule has 0 aromatic rings. The second kappa shape index (κ2) is 13.2. The molecule has 5 saturated heterocycles. The second-order valence-electron chi connectivity index (χ2n) is 20.6. The van der Waals surface area contributed by atoms with Crippen molar-refractivity contribution < 1.29 is 0 Å². The maximum atomic E-state index is 2.86. The maximum absolute atomic E-state index is 2.86. The van der Waals surface area contributed by atoms with Gasteiger partial charge in [0.25, 0.3) is 0 Å². The molecule has 262 valence electrons. The highest BCUT2D eigenvalue weighted by atomic mass is 15.4. The molecule has 45 heavy (non-hydrogen) atoms. The fourth-order valence-electron chi connectivity index (χ4n) is 10.1. The lowest BCUT2D eigenvalue weighted by molar-refractivity contribution is -0.171. The summed E-state index contributed by atoms with van der Waals surface area (Å²) in [6.45, 7) is 47.4. The predicted molar refractivity (Wildman–Crippen MR) is 193 cm³/mol. The van der Waals surface area contributed by atoms with Crippen LogP contribution in [-0.4, -0.2) is 144 Å². The van der Waals surface area contributed by atoms with Gasteiger partial charge in [0.15, 0.2) is 0 Å². The normalized spacial score (nSPS) is 32.5. The van der Waals surface area contributed by atoms with Crippen molar-refractivity contribution in [2.45, 2.75) is 132 Å². The lowest BCUT2D eigenvalue weighted by Crippen LogP contribution is -2.77. The first kappa shape index (κ1) is 36.1. The van der Waals surface area contributed by atoms with Crippen molar-refractivity contribution in [3.63, 3.8) is 0 Å². The molecule has 5 rings (SSSR count). The number of hydrogen-bond acceptors (Lipinski definition) is 6. The van der Waals surface area contributed by atoms with Crippen molar-refractivity contribution in [2.75, 3.05) is 91.6 Å². The summed E-state index contributed by atoms with van der Waals surface area (Å²) in [5.74, 6) is 1.57. The Kier molecular flexibility index (Phi) is 10.6. The van der Waals surface area contributed by atoms with Crippen LogP contribution in [0, 0.1) is 28.1 Å². The van der Waals surface area contributed by atoms with Gasteiger partial charge >= 0.3 is 0 Å². The van der Waals surface area contributed by atoms with Crippen LogP contribution in [0.15, 0.2) is 0 Å². The number of piperidine rings is 2. The number of piperazine rings is 1. The van der Waals surface area contributed by atoms with Crippen LogP contribution in [0.2, 0.25) is 0 Å². The SMILES string of the molecule is C[C@@H]1CN(CC(C)(C)CCC(C)(C)N2CC3(CN(C4CCN(CC(C)(C)C)C[C@H]4C)C3)C2)CCC1N1CCN(C(C)(C)C)CC1. The fraction of sp³-hybridized carbons (Fsp3) is 1.00. The monoisotopic (exact) mass is 629 g/mol. The molecule has 0 N–H and O–H groups in total. The minimum absolute atomic E-state index is 0.305. The molecule has 0 aliphatic carbocycles. The van der Waals surface area contributed by atoms with Gasteiger partial charge in [-0.25, -0.2) is 0 Å². The van der Waals surface area contributed by atoms with Gasteiger partial charge in [0.1, 0.15) is 0 Å². The maximum Gasteiger partial charge on any atom is 0.0212 e. The molecule has 0 amide bonds. The molecule has 0 aromatic heterocycles. The standard InChI is InChI=1S/C39H76N6/c1-31-24-41(18-13-33(31)42-19-21-44(22-20-42)36(6,7)8)26-37(9,10)15-16-38(11,12)45-29-39(30-45)27-43(28-39)34-14-17-40(23-32(34)2)25-35(3,4)5/h31-34H,13-30H2,1-12H3/t31-,32-,33?,34?/m1/s1. The molecule has 1 spiro atoms. The van der Waals surface area contributed by atoms with Crippen LogP contribution >= 0.6 is 0 Å². The van der Waals surface area contributed by atoms with Gasteiger partial charge in [-0.05, 0) is 96.1 Å². The first-order chi connectivity index (χ1) is 20.7. The van der Waals surface area contributed by atoms with Crippen molar-refractivity contribution in [3.05, 3.63) is 0 Å². The third-order valence-corrected chi connectivity index (χ3v) is 12.8. The van der Waals surface area contributed by atoms with E-state index in [9.17, 15) is 0 Å². The molecule has 5 aliphatic rings. The lowest BCUT2D eigenvalue weighted by atomic mass is 9.68. The van der Waals surface area contributed by atoms with Crippen molar-refractivity contribution in [1.82, 2.24) is 29.4 Å². The van der Waals surface area contributed by atoms with Gasteiger partial charge in [-0.1, -0.05) is 48.5 Å². The van der Waals surface area contributed by atoms with Crippen LogP contribution in [0.4, 0.5) is 0 Å². The average Bonchev–Trinajstić information content (AvgIpc) is 2.85. The number of nitrogens with zero attached hydrogens (tertiary/aromatic N) is 6. The van der Waals surface area contributed by atoms with E-state index in [0.717, 1.165) is 23.9 Å². The van der Waals surface area contributed by atoms with E-state index in [1.165, 1.54) is 117 Å². The summed E-state index contributed by atoms with van der Waals surface area (Å²) in [5, 5.41) is 0. The molecule has 4 atom stereocenters. The van der Waals surface area contributed by atoms with E-state index in [1.807, 2.05) is 0 Å². The van der Waals surface area contributed by atoms with Crippen LogP contribution in [0.25, 0.3) is 0 Å². The second-order valence-corrected chi connectivity index (χ2v) is 20.6. The smallest absolute Gasteiger partial charge is 0.0212 e. The zero-order valence-corrected chi connectivity index (χ0v) is 32.2. The number of rotatable bonds is 9. The molecule has 6 heteroatoms. The summed E-state index contributed by atoms with van der Waals surface area (Å²) in [6, 6.07) is 1.58. The van der Waals surface area contributed by atoms with Gasteiger partial charge in [0.05, 0.1) is 0 Å². The highest BCUT2D eigenvalue weighted by Gasteiger charge is 2.56. The quantitative estimate of drug-likeness (QED) is 0.307. The van der Waals surface area contributed by atoms with E-state index >= 15 is 0 Å². The van der Waals surface area contributed by atoms with E-state index in [2.05, 4.69) is 112 Å². The minimum Gasteiger partial charge on any atom is -0.302 e. The van der Waals surface area contributed by atoms with Crippen molar-refractivity contribution in [1.29, 1.82) is 0 Å².